The highest BCUT2D eigenvalue weighted by atomic mass is 32.1. The van der Waals surface area contributed by atoms with Gasteiger partial charge in [0.25, 0.3) is 0 Å². The molecule has 0 aliphatic heterocycles. The Morgan fingerprint density at radius 3 is 2.68 bits per heavy atom. The molecule has 0 spiro atoms. The Bertz CT molecular complexity index is 1040. The number of ether oxygens (including phenoxy) is 1. The van der Waals surface area contributed by atoms with Crippen molar-refractivity contribution >= 4 is 27.8 Å². The monoisotopic (exact) mass is 354 g/mol. The number of aromatic nitrogens is 3. The van der Waals surface area contributed by atoms with E-state index in [2.05, 4.69) is 15.3 Å². The van der Waals surface area contributed by atoms with E-state index >= 15 is 0 Å². The number of methoxy groups -OCH3 is 1. The van der Waals surface area contributed by atoms with Crippen LogP contribution in [-0.2, 0) is 0 Å². The zero-order valence-electron chi connectivity index (χ0n) is 13.7. The number of thiazole rings is 1. The summed E-state index contributed by atoms with van der Waals surface area (Å²) in [6.45, 7) is 1.90. The van der Waals surface area contributed by atoms with Crippen molar-refractivity contribution in [2.45, 2.75) is 6.92 Å². The normalized spacial score (nSPS) is 11.0. The standard InChI is InChI=1S/C18H15FN4OS/c1-11-17(23-9-12(19)3-8-16(23)20-11)15-10-25-18(22-15)21-13-4-6-14(24-2)7-5-13/h3-10H,1-2H3,(H,21,22). The average molecular weight is 354 g/mol. The van der Waals surface area contributed by atoms with Gasteiger partial charge in [-0.3, -0.25) is 4.40 Å². The minimum absolute atomic E-state index is 0.307. The van der Waals surface area contributed by atoms with Crippen molar-refractivity contribution < 1.29 is 9.13 Å². The SMILES string of the molecule is COc1ccc(Nc2nc(-c3c(C)nc4ccc(F)cn34)cs2)cc1. The number of hydrogen-bond donors (Lipinski definition) is 1. The van der Waals surface area contributed by atoms with Crippen molar-refractivity contribution in [2.75, 3.05) is 12.4 Å². The summed E-state index contributed by atoms with van der Waals surface area (Å²) in [5.74, 6) is 0.492. The highest BCUT2D eigenvalue weighted by Gasteiger charge is 2.15. The van der Waals surface area contributed by atoms with Gasteiger partial charge in [-0.05, 0) is 43.3 Å². The fourth-order valence-corrected chi connectivity index (χ4v) is 3.40. The maximum atomic E-state index is 13.6. The van der Waals surface area contributed by atoms with E-state index in [1.807, 2.05) is 36.6 Å². The van der Waals surface area contributed by atoms with Gasteiger partial charge >= 0.3 is 0 Å². The summed E-state index contributed by atoms with van der Waals surface area (Å²) >= 11 is 1.49. The highest BCUT2D eigenvalue weighted by molar-refractivity contribution is 7.14. The number of anilines is 2. The van der Waals surface area contributed by atoms with Crippen molar-refractivity contribution in [3.63, 3.8) is 0 Å². The Kier molecular flexibility index (Phi) is 3.85. The molecule has 0 amide bonds. The van der Waals surface area contributed by atoms with Crippen molar-refractivity contribution in [3.05, 3.63) is 59.5 Å². The zero-order chi connectivity index (χ0) is 17.4. The molecule has 4 rings (SSSR count). The van der Waals surface area contributed by atoms with Crippen molar-refractivity contribution in [1.29, 1.82) is 0 Å². The lowest BCUT2D eigenvalue weighted by Gasteiger charge is -2.04. The summed E-state index contributed by atoms with van der Waals surface area (Å²) in [5, 5.41) is 5.96. The van der Waals surface area contributed by atoms with Crippen molar-refractivity contribution in [2.24, 2.45) is 0 Å². The van der Waals surface area contributed by atoms with Gasteiger partial charge < -0.3 is 10.1 Å². The molecule has 126 valence electrons. The highest BCUT2D eigenvalue weighted by Crippen LogP contribution is 2.30. The molecule has 7 heteroatoms. The van der Waals surface area contributed by atoms with Gasteiger partial charge in [0.05, 0.1) is 18.5 Å². The zero-order valence-corrected chi connectivity index (χ0v) is 14.5. The molecule has 0 bridgehead atoms. The molecule has 5 nitrogen and oxygen atoms in total. The maximum absolute atomic E-state index is 13.6. The number of imidazole rings is 1. The largest absolute Gasteiger partial charge is 0.497 e. The molecular formula is C18H15FN4OS. The van der Waals surface area contributed by atoms with Crippen LogP contribution < -0.4 is 10.1 Å². The summed E-state index contributed by atoms with van der Waals surface area (Å²) in [6.07, 6.45) is 1.43. The summed E-state index contributed by atoms with van der Waals surface area (Å²) in [4.78, 5) is 9.09. The fourth-order valence-electron chi connectivity index (χ4n) is 2.68. The molecule has 4 aromatic rings. The van der Waals surface area contributed by atoms with Gasteiger partial charge in [0, 0.05) is 17.3 Å². The third kappa shape index (κ3) is 2.94. The van der Waals surface area contributed by atoms with Crippen LogP contribution in [0.3, 0.4) is 0 Å². The third-order valence-electron chi connectivity index (χ3n) is 3.84. The number of hydrogen-bond acceptors (Lipinski definition) is 5. The first-order valence-electron chi connectivity index (χ1n) is 7.65. The minimum Gasteiger partial charge on any atom is -0.497 e. The molecule has 0 saturated carbocycles. The van der Waals surface area contributed by atoms with Crippen LogP contribution in [0, 0.1) is 12.7 Å². The Balaban J connectivity index is 1.67. The number of pyridine rings is 1. The first-order chi connectivity index (χ1) is 12.1. The van der Waals surface area contributed by atoms with Crippen LogP contribution in [0.4, 0.5) is 15.2 Å². The summed E-state index contributed by atoms with van der Waals surface area (Å²) in [5.41, 5.74) is 3.99. The van der Waals surface area contributed by atoms with E-state index in [9.17, 15) is 4.39 Å². The van der Waals surface area contributed by atoms with E-state index in [1.165, 1.54) is 23.6 Å². The van der Waals surface area contributed by atoms with Gasteiger partial charge in [0.1, 0.15) is 22.9 Å². The summed E-state index contributed by atoms with van der Waals surface area (Å²) in [7, 11) is 1.64. The van der Waals surface area contributed by atoms with Crippen LogP contribution in [0.15, 0.2) is 48.0 Å². The van der Waals surface area contributed by atoms with Crippen molar-refractivity contribution in [3.8, 4) is 17.1 Å². The molecule has 0 radical (unpaired) electrons. The molecular weight excluding hydrogens is 339 g/mol. The Morgan fingerprint density at radius 1 is 1.12 bits per heavy atom. The first-order valence-corrected chi connectivity index (χ1v) is 8.53. The Labute approximate surface area is 147 Å². The van der Waals surface area contributed by atoms with Crippen LogP contribution in [0.25, 0.3) is 17.0 Å². The van der Waals surface area contributed by atoms with Gasteiger partial charge in [-0.1, -0.05) is 0 Å². The molecule has 0 saturated heterocycles. The van der Waals surface area contributed by atoms with E-state index in [0.29, 0.717) is 5.65 Å². The number of aryl methyl sites for hydroxylation is 1. The fraction of sp³-hybridized carbons (Fsp3) is 0.111. The van der Waals surface area contributed by atoms with Crippen LogP contribution in [0.2, 0.25) is 0 Å². The number of benzene rings is 1. The van der Waals surface area contributed by atoms with E-state index in [0.717, 1.165) is 33.7 Å². The second kappa shape index (κ2) is 6.18. The smallest absolute Gasteiger partial charge is 0.187 e. The number of nitrogens with zero attached hydrogens (tertiary/aromatic N) is 3. The van der Waals surface area contributed by atoms with E-state index in [4.69, 9.17) is 4.74 Å². The van der Waals surface area contributed by atoms with Crippen molar-refractivity contribution in [1.82, 2.24) is 14.4 Å². The predicted octanol–water partition coefficient (Wildman–Crippen LogP) is 4.66. The lowest BCUT2D eigenvalue weighted by Crippen LogP contribution is -1.93. The third-order valence-corrected chi connectivity index (χ3v) is 4.60. The van der Waals surface area contributed by atoms with Gasteiger partial charge in [-0.25, -0.2) is 14.4 Å². The topological polar surface area (TPSA) is 51.5 Å². The number of halogens is 1. The molecule has 0 fully saturated rings. The minimum atomic E-state index is -0.307. The van der Waals surface area contributed by atoms with E-state index in [-0.39, 0.29) is 5.82 Å². The number of rotatable bonds is 4. The average Bonchev–Trinajstić information content (AvgIpc) is 3.18. The van der Waals surface area contributed by atoms with Crippen LogP contribution in [0.1, 0.15) is 5.69 Å². The molecule has 0 unspecified atom stereocenters. The lowest BCUT2D eigenvalue weighted by molar-refractivity contribution is 0.415. The second-order valence-electron chi connectivity index (χ2n) is 5.51. The van der Waals surface area contributed by atoms with Gasteiger partial charge in [-0.15, -0.1) is 11.3 Å². The molecule has 0 aliphatic rings. The Hall–Kier alpha value is -2.93. The van der Waals surface area contributed by atoms with Gasteiger partial charge in [0.2, 0.25) is 0 Å². The molecule has 1 N–H and O–H groups in total. The second-order valence-corrected chi connectivity index (χ2v) is 6.37. The van der Waals surface area contributed by atoms with E-state index in [1.54, 1.807) is 17.6 Å². The van der Waals surface area contributed by atoms with Crippen LogP contribution >= 0.6 is 11.3 Å². The van der Waals surface area contributed by atoms with Crippen LogP contribution in [0.5, 0.6) is 5.75 Å². The lowest BCUT2D eigenvalue weighted by atomic mass is 10.3. The number of nitrogens with one attached hydrogen (secondary N) is 1. The molecule has 25 heavy (non-hydrogen) atoms. The molecule has 1 aromatic carbocycles. The van der Waals surface area contributed by atoms with E-state index < -0.39 is 0 Å². The molecule has 3 aromatic heterocycles. The summed E-state index contributed by atoms with van der Waals surface area (Å²) in [6, 6.07) is 10.7. The maximum Gasteiger partial charge on any atom is 0.187 e. The first kappa shape index (κ1) is 15.6. The Morgan fingerprint density at radius 2 is 1.92 bits per heavy atom. The summed E-state index contributed by atoms with van der Waals surface area (Å²) < 4.78 is 20.5. The quantitative estimate of drug-likeness (QED) is 0.579. The van der Waals surface area contributed by atoms with Crippen LogP contribution in [-0.4, -0.2) is 21.5 Å². The molecule has 0 atom stereocenters. The predicted molar refractivity (Wildman–Crippen MR) is 97.3 cm³/mol. The number of fused-ring (bicyclic) bond motifs is 1. The molecule has 0 aliphatic carbocycles. The van der Waals surface area contributed by atoms with Gasteiger partial charge in [0.15, 0.2) is 5.13 Å². The van der Waals surface area contributed by atoms with Gasteiger partial charge in [-0.2, -0.15) is 0 Å². The molecule has 3 heterocycles.